The first-order valence-electron chi connectivity index (χ1n) is 7.10. The van der Waals surface area contributed by atoms with Crippen LogP contribution in [0, 0.1) is 5.92 Å². The normalized spacial score (nSPS) is 28.7. The molecule has 0 radical (unpaired) electrons. The maximum atomic E-state index is 12.3. The maximum Gasteiger partial charge on any atom is 0.271 e. The number of hydrogen-bond acceptors (Lipinski definition) is 4. The van der Waals surface area contributed by atoms with Gasteiger partial charge in [-0.3, -0.25) is 4.79 Å². The topological polar surface area (TPSA) is 62.5 Å². The Labute approximate surface area is 116 Å². The second-order valence-corrected chi connectivity index (χ2v) is 5.79. The first-order chi connectivity index (χ1) is 9.78. The smallest absolute Gasteiger partial charge is 0.271 e. The summed E-state index contributed by atoms with van der Waals surface area (Å²) in [6.07, 6.45) is 9.24. The molecule has 4 rings (SSSR count). The average Bonchev–Trinajstić information content (AvgIpc) is 3.04. The van der Waals surface area contributed by atoms with Crippen LogP contribution in [0.3, 0.4) is 0 Å². The predicted octanol–water partition coefficient (Wildman–Crippen LogP) is 0.553. The minimum absolute atomic E-state index is 0.0897. The molecule has 2 aromatic heterocycles. The van der Waals surface area contributed by atoms with E-state index in [9.17, 15) is 4.79 Å². The minimum Gasteiger partial charge on any atom is -0.347 e. The molecule has 2 fully saturated rings. The van der Waals surface area contributed by atoms with Gasteiger partial charge < -0.3 is 14.6 Å². The largest absolute Gasteiger partial charge is 0.347 e. The second kappa shape index (κ2) is 4.56. The van der Waals surface area contributed by atoms with E-state index in [0.717, 1.165) is 24.5 Å². The number of carbonyl (C=O) groups is 1. The van der Waals surface area contributed by atoms with Crippen LogP contribution in [0.4, 0.5) is 0 Å². The molecule has 2 saturated heterocycles. The summed E-state index contributed by atoms with van der Waals surface area (Å²) in [5, 5.41) is 3.12. The highest BCUT2D eigenvalue weighted by atomic mass is 16.2. The van der Waals surface area contributed by atoms with Gasteiger partial charge in [0.15, 0.2) is 5.65 Å². The van der Waals surface area contributed by atoms with Gasteiger partial charge in [-0.05, 0) is 25.3 Å². The van der Waals surface area contributed by atoms with Gasteiger partial charge in [0.1, 0.15) is 5.69 Å². The van der Waals surface area contributed by atoms with E-state index in [4.69, 9.17) is 0 Å². The number of carbonyl (C=O) groups excluding carboxylic acids is 1. The van der Waals surface area contributed by atoms with E-state index in [1.165, 1.54) is 19.5 Å². The van der Waals surface area contributed by atoms with Gasteiger partial charge in [-0.15, -0.1) is 0 Å². The van der Waals surface area contributed by atoms with Crippen molar-refractivity contribution in [3.8, 4) is 0 Å². The maximum absolute atomic E-state index is 12.3. The van der Waals surface area contributed by atoms with Crippen LogP contribution in [0.25, 0.3) is 5.65 Å². The number of aromatic nitrogens is 3. The molecule has 2 aliphatic rings. The van der Waals surface area contributed by atoms with Crippen molar-refractivity contribution in [2.45, 2.75) is 18.9 Å². The first kappa shape index (κ1) is 11.8. The number of nitrogens with zero attached hydrogens (tertiary/aromatic N) is 4. The Hall–Kier alpha value is -1.95. The Morgan fingerprint density at radius 1 is 1.35 bits per heavy atom. The monoisotopic (exact) mass is 271 g/mol. The molecule has 1 unspecified atom stereocenters. The van der Waals surface area contributed by atoms with Crippen molar-refractivity contribution < 1.29 is 4.79 Å². The van der Waals surface area contributed by atoms with Crippen LogP contribution < -0.4 is 5.32 Å². The SMILES string of the molecule is O=C(N[C@@H]1C[C@@H]2CCN(C2)C1)c1cn2ccnc2cn1. The molecule has 2 aromatic rings. The summed E-state index contributed by atoms with van der Waals surface area (Å²) in [5.74, 6) is 0.659. The lowest BCUT2D eigenvalue weighted by atomic mass is 9.97. The molecule has 1 amide bonds. The van der Waals surface area contributed by atoms with Crippen LogP contribution in [-0.2, 0) is 0 Å². The van der Waals surface area contributed by atoms with Crippen LogP contribution in [-0.4, -0.2) is 50.9 Å². The molecule has 6 nitrogen and oxygen atoms in total. The molecule has 0 aromatic carbocycles. The quantitative estimate of drug-likeness (QED) is 0.866. The molecule has 20 heavy (non-hydrogen) atoms. The van der Waals surface area contributed by atoms with Crippen LogP contribution in [0.15, 0.2) is 24.8 Å². The second-order valence-electron chi connectivity index (χ2n) is 5.79. The Kier molecular flexibility index (Phi) is 2.70. The summed E-state index contributed by atoms with van der Waals surface area (Å²) in [5.41, 5.74) is 1.20. The van der Waals surface area contributed by atoms with Gasteiger partial charge in [0.2, 0.25) is 0 Å². The zero-order chi connectivity index (χ0) is 13.5. The van der Waals surface area contributed by atoms with Gasteiger partial charge in [-0.2, -0.15) is 0 Å². The highest BCUT2D eigenvalue weighted by molar-refractivity contribution is 5.92. The Morgan fingerprint density at radius 2 is 2.30 bits per heavy atom. The van der Waals surface area contributed by atoms with Crippen molar-refractivity contribution in [2.75, 3.05) is 19.6 Å². The highest BCUT2D eigenvalue weighted by Gasteiger charge is 2.33. The third kappa shape index (κ3) is 2.06. The summed E-state index contributed by atoms with van der Waals surface area (Å²) in [4.78, 5) is 23.0. The van der Waals surface area contributed by atoms with E-state index < -0.39 is 0 Å². The molecular weight excluding hydrogens is 254 g/mol. The van der Waals surface area contributed by atoms with Crippen molar-refractivity contribution in [1.29, 1.82) is 0 Å². The molecule has 2 bridgehead atoms. The molecule has 2 aliphatic heterocycles. The fraction of sp³-hybridized carbons (Fsp3) is 0.500. The Balaban J connectivity index is 1.49. The molecule has 6 heteroatoms. The molecule has 3 atom stereocenters. The van der Waals surface area contributed by atoms with E-state index in [-0.39, 0.29) is 11.9 Å². The van der Waals surface area contributed by atoms with Gasteiger partial charge in [-0.25, -0.2) is 9.97 Å². The van der Waals surface area contributed by atoms with E-state index in [2.05, 4.69) is 20.2 Å². The van der Waals surface area contributed by atoms with E-state index >= 15 is 0 Å². The Morgan fingerprint density at radius 3 is 3.20 bits per heavy atom. The predicted molar refractivity (Wildman–Crippen MR) is 73.4 cm³/mol. The molecular formula is C14H17N5O. The number of imidazole rings is 1. The lowest BCUT2D eigenvalue weighted by molar-refractivity contribution is 0.0904. The first-order valence-corrected chi connectivity index (χ1v) is 7.10. The van der Waals surface area contributed by atoms with Gasteiger partial charge >= 0.3 is 0 Å². The van der Waals surface area contributed by atoms with Crippen molar-refractivity contribution >= 4 is 11.6 Å². The summed E-state index contributed by atoms with van der Waals surface area (Å²) in [6.45, 7) is 3.34. The lowest BCUT2D eigenvalue weighted by Crippen LogP contribution is -2.47. The van der Waals surface area contributed by atoms with Crippen LogP contribution in [0.5, 0.6) is 0 Å². The van der Waals surface area contributed by atoms with E-state index in [1.54, 1.807) is 18.6 Å². The van der Waals surface area contributed by atoms with Crippen LogP contribution >= 0.6 is 0 Å². The molecule has 0 aliphatic carbocycles. The third-order valence-electron chi connectivity index (χ3n) is 4.31. The average molecular weight is 271 g/mol. The zero-order valence-corrected chi connectivity index (χ0v) is 11.2. The Bertz CT molecular complexity index is 640. The number of rotatable bonds is 2. The number of fused-ring (bicyclic) bond motifs is 3. The van der Waals surface area contributed by atoms with Crippen molar-refractivity contribution in [1.82, 2.24) is 24.6 Å². The van der Waals surface area contributed by atoms with Crippen molar-refractivity contribution in [3.05, 3.63) is 30.5 Å². The van der Waals surface area contributed by atoms with Gasteiger partial charge in [0, 0.05) is 37.7 Å². The van der Waals surface area contributed by atoms with Crippen molar-refractivity contribution in [3.63, 3.8) is 0 Å². The molecule has 0 saturated carbocycles. The van der Waals surface area contributed by atoms with Gasteiger partial charge in [0.05, 0.1) is 6.20 Å². The number of hydrogen-bond donors (Lipinski definition) is 1. The van der Waals surface area contributed by atoms with Gasteiger partial charge in [-0.1, -0.05) is 0 Å². The van der Waals surface area contributed by atoms with Crippen LogP contribution in [0.1, 0.15) is 23.3 Å². The van der Waals surface area contributed by atoms with Gasteiger partial charge in [0.25, 0.3) is 5.91 Å². The number of amides is 1. The van der Waals surface area contributed by atoms with Crippen LogP contribution in [0.2, 0.25) is 0 Å². The number of piperidine rings is 1. The highest BCUT2D eigenvalue weighted by Crippen LogP contribution is 2.26. The third-order valence-corrected chi connectivity index (χ3v) is 4.31. The summed E-state index contributed by atoms with van der Waals surface area (Å²) in [7, 11) is 0. The fourth-order valence-corrected chi connectivity index (χ4v) is 3.37. The minimum atomic E-state index is -0.0897. The molecule has 1 N–H and O–H groups in total. The zero-order valence-electron chi connectivity index (χ0n) is 11.2. The summed E-state index contributed by atoms with van der Waals surface area (Å²) < 4.78 is 1.82. The van der Waals surface area contributed by atoms with E-state index in [1.807, 2.05) is 10.6 Å². The standard InChI is InChI=1S/C14H17N5O/c20-14(12-9-19-4-2-15-13(19)6-16-12)17-11-5-10-1-3-18(7-10)8-11/h2,4,6,9-11H,1,3,5,7-8H2,(H,17,20)/t10-,11+/m0/s1. The molecule has 0 spiro atoms. The van der Waals surface area contributed by atoms with Crippen molar-refractivity contribution in [2.24, 2.45) is 5.92 Å². The lowest BCUT2D eigenvalue weighted by Gasteiger charge is -2.30. The summed E-state index contributed by atoms with van der Waals surface area (Å²) in [6, 6.07) is 0.254. The van der Waals surface area contributed by atoms with E-state index in [0.29, 0.717) is 5.69 Å². The molecule has 104 valence electrons. The summed E-state index contributed by atoms with van der Waals surface area (Å²) >= 11 is 0. The molecule has 4 heterocycles. The fourth-order valence-electron chi connectivity index (χ4n) is 3.37. The number of nitrogens with one attached hydrogen (secondary N) is 1.